The molecule has 1 aromatic rings. The summed E-state index contributed by atoms with van der Waals surface area (Å²) < 4.78 is 0. The lowest BCUT2D eigenvalue weighted by Crippen LogP contribution is -2.37. The molecule has 2 rings (SSSR count). The van der Waals surface area contributed by atoms with Gasteiger partial charge in [0.05, 0.1) is 6.10 Å². The molecule has 21 heavy (non-hydrogen) atoms. The van der Waals surface area contributed by atoms with Crippen LogP contribution in [0.1, 0.15) is 44.5 Å². The van der Waals surface area contributed by atoms with E-state index in [1.54, 1.807) is 0 Å². The van der Waals surface area contributed by atoms with Crippen molar-refractivity contribution in [2.75, 3.05) is 30.4 Å². The van der Waals surface area contributed by atoms with Gasteiger partial charge in [-0.1, -0.05) is 6.92 Å². The van der Waals surface area contributed by atoms with E-state index in [4.69, 9.17) is 4.98 Å². The third-order valence-corrected chi connectivity index (χ3v) is 4.09. The molecule has 0 bridgehead atoms. The first-order valence-corrected chi connectivity index (χ1v) is 8.05. The standard InChI is InChI=1S/C16H28N4O/c1-5-7-14-18-15(17-6-2)11(3)16(19-14)20(4)10-12-8-13(21)9-12/h12-13,21H,5-10H2,1-4H3,(H,17,18,19). The molecule has 1 heterocycles. The van der Waals surface area contributed by atoms with E-state index in [0.29, 0.717) is 5.92 Å². The lowest BCUT2D eigenvalue weighted by molar-refractivity contribution is 0.0464. The second-order valence-electron chi connectivity index (χ2n) is 6.09. The van der Waals surface area contributed by atoms with Gasteiger partial charge < -0.3 is 15.3 Å². The highest BCUT2D eigenvalue weighted by Crippen LogP contribution is 2.30. The van der Waals surface area contributed by atoms with Gasteiger partial charge in [-0.25, -0.2) is 9.97 Å². The fraction of sp³-hybridized carbons (Fsp3) is 0.750. The van der Waals surface area contributed by atoms with Crippen LogP contribution in [0.25, 0.3) is 0 Å². The van der Waals surface area contributed by atoms with Crippen LogP contribution in [0.5, 0.6) is 0 Å². The maximum Gasteiger partial charge on any atom is 0.137 e. The summed E-state index contributed by atoms with van der Waals surface area (Å²) >= 11 is 0. The van der Waals surface area contributed by atoms with Gasteiger partial charge in [0, 0.05) is 32.1 Å². The van der Waals surface area contributed by atoms with E-state index in [1.807, 2.05) is 0 Å². The van der Waals surface area contributed by atoms with Crippen molar-refractivity contribution in [2.45, 2.75) is 52.6 Å². The summed E-state index contributed by atoms with van der Waals surface area (Å²) in [5.41, 5.74) is 1.11. The molecule has 1 aliphatic rings. The first kappa shape index (κ1) is 16.0. The highest BCUT2D eigenvalue weighted by molar-refractivity contribution is 5.58. The molecule has 1 saturated carbocycles. The van der Waals surface area contributed by atoms with Gasteiger partial charge in [0.1, 0.15) is 17.5 Å². The molecule has 5 heteroatoms. The van der Waals surface area contributed by atoms with E-state index in [2.05, 4.69) is 43.0 Å². The van der Waals surface area contributed by atoms with Gasteiger partial charge in [0.2, 0.25) is 0 Å². The molecule has 0 aromatic carbocycles. The molecule has 0 atom stereocenters. The first-order chi connectivity index (χ1) is 10.0. The van der Waals surface area contributed by atoms with Crippen LogP contribution >= 0.6 is 0 Å². The molecule has 0 unspecified atom stereocenters. The average Bonchev–Trinajstić information content (AvgIpc) is 2.41. The van der Waals surface area contributed by atoms with E-state index in [9.17, 15) is 5.11 Å². The van der Waals surface area contributed by atoms with Gasteiger partial charge in [0.15, 0.2) is 0 Å². The summed E-state index contributed by atoms with van der Waals surface area (Å²) in [4.78, 5) is 11.6. The number of aliphatic hydroxyl groups excluding tert-OH is 1. The average molecular weight is 292 g/mol. The molecule has 2 N–H and O–H groups in total. The Labute approximate surface area is 127 Å². The third kappa shape index (κ3) is 3.84. The van der Waals surface area contributed by atoms with Gasteiger partial charge in [0.25, 0.3) is 0 Å². The van der Waals surface area contributed by atoms with Crippen LogP contribution in [0.2, 0.25) is 0 Å². The maximum atomic E-state index is 9.43. The van der Waals surface area contributed by atoms with E-state index in [0.717, 1.165) is 61.8 Å². The van der Waals surface area contributed by atoms with Crippen molar-refractivity contribution in [3.63, 3.8) is 0 Å². The Bertz CT molecular complexity index is 472. The van der Waals surface area contributed by atoms with E-state index >= 15 is 0 Å². The number of hydrogen-bond acceptors (Lipinski definition) is 5. The zero-order valence-electron chi connectivity index (χ0n) is 13.7. The highest BCUT2D eigenvalue weighted by Gasteiger charge is 2.28. The number of hydrogen-bond donors (Lipinski definition) is 2. The molecule has 0 aliphatic heterocycles. The molecule has 118 valence electrons. The van der Waals surface area contributed by atoms with Gasteiger partial charge in [-0.15, -0.1) is 0 Å². The Kier molecular flexibility index (Phi) is 5.39. The van der Waals surface area contributed by atoms with Crippen molar-refractivity contribution in [1.82, 2.24) is 9.97 Å². The zero-order chi connectivity index (χ0) is 15.4. The summed E-state index contributed by atoms with van der Waals surface area (Å²) in [7, 11) is 2.09. The predicted molar refractivity (Wildman–Crippen MR) is 86.9 cm³/mol. The molecule has 0 amide bonds. The smallest absolute Gasteiger partial charge is 0.137 e. The van der Waals surface area contributed by atoms with Crippen molar-refractivity contribution < 1.29 is 5.11 Å². The lowest BCUT2D eigenvalue weighted by atomic mass is 9.82. The molecule has 0 radical (unpaired) electrons. The van der Waals surface area contributed by atoms with Crippen LogP contribution < -0.4 is 10.2 Å². The van der Waals surface area contributed by atoms with Crippen LogP contribution in [0.4, 0.5) is 11.6 Å². The molecule has 1 aromatic heterocycles. The Morgan fingerprint density at radius 3 is 2.57 bits per heavy atom. The predicted octanol–water partition coefficient (Wildman–Crippen LogP) is 2.38. The van der Waals surface area contributed by atoms with Crippen molar-refractivity contribution in [2.24, 2.45) is 5.92 Å². The van der Waals surface area contributed by atoms with E-state index in [1.165, 1.54) is 0 Å². The van der Waals surface area contributed by atoms with Gasteiger partial charge >= 0.3 is 0 Å². The topological polar surface area (TPSA) is 61.3 Å². The Hall–Kier alpha value is -1.36. The number of nitrogens with one attached hydrogen (secondary N) is 1. The van der Waals surface area contributed by atoms with Gasteiger partial charge in [-0.05, 0) is 39.0 Å². The fourth-order valence-electron chi connectivity index (χ4n) is 2.92. The molecule has 5 nitrogen and oxygen atoms in total. The number of aromatic nitrogens is 2. The number of rotatable bonds is 7. The van der Waals surface area contributed by atoms with Crippen LogP contribution in [0.15, 0.2) is 0 Å². The van der Waals surface area contributed by atoms with Crippen LogP contribution in [-0.4, -0.2) is 41.3 Å². The van der Waals surface area contributed by atoms with E-state index in [-0.39, 0.29) is 6.10 Å². The summed E-state index contributed by atoms with van der Waals surface area (Å²) in [5.74, 6) is 3.46. The number of nitrogens with zero attached hydrogens (tertiary/aromatic N) is 3. The fourth-order valence-corrected chi connectivity index (χ4v) is 2.92. The van der Waals surface area contributed by atoms with Crippen LogP contribution in [0, 0.1) is 12.8 Å². The summed E-state index contributed by atoms with van der Waals surface area (Å²) in [6.45, 7) is 8.12. The SMILES string of the molecule is CCCc1nc(NCC)c(C)c(N(C)CC2CC(O)C2)n1. The largest absolute Gasteiger partial charge is 0.393 e. The third-order valence-electron chi connectivity index (χ3n) is 4.09. The van der Waals surface area contributed by atoms with Crippen molar-refractivity contribution in [1.29, 1.82) is 0 Å². The van der Waals surface area contributed by atoms with Crippen LogP contribution in [-0.2, 0) is 6.42 Å². The van der Waals surface area contributed by atoms with E-state index < -0.39 is 0 Å². The summed E-state index contributed by atoms with van der Waals surface area (Å²) in [5, 5.41) is 12.8. The Morgan fingerprint density at radius 2 is 2.00 bits per heavy atom. The number of aryl methyl sites for hydroxylation is 1. The maximum absolute atomic E-state index is 9.43. The second-order valence-corrected chi connectivity index (χ2v) is 6.09. The Balaban J connectivity index is 2.18. The first-order valence-electron chi connectivity index (χ1n) is 8.05. The minimum Gasteiger partial charge on any atom is -0.393 e. The molecule has 0 spiro atoms. The monoisotopic (exact) mass is 292 g/mol. The van der Waals surface area contributed by atoms with Crippen molar-refractivity contribution >= 4 is 11.6 Å². The zero-order valence-corrected chi connectivity index (χ0v) is 13.7. The van der Waals surface area contributed by atoms with Gasteiger partial charge in [-0.2, -0.15) is 0 Å². The minimum absolute atomic E-state index is 0.0946. The second kappa shape index (κ2) is 7.07. The van der Waals surface area contributed by atoms with Crippen LogP contribution in [0.3, 0.4) is 0 Å². The molecular formula is C16H28N4O. The molecule has 0 saturated heterocycles. The number of anilines is 2. The molecule has 1 aliphatic carbocycles. The normalized spacial score (nSPS) is 21.0. The van der Waals surface area contributed by atoms with Crippen molar-refractivity contribution in [3.05, 3.63) is 11.4 Å². The lowest BCUT2D eigenvalue weighted by Gasteiger charge is -2.35. The minimum atomic E-state index is -0.0946. The molecular weight excluding hydrogens is 264 g/mol. The van der Waals surface area contributed by atoms with Crippen molar-refractivity contribution in [3.8, 4) is 0 Å². The Morgan fingerprint density at radius 1 is 1.29 bits per heavy atom. The summed E-state index contributed by atoms with van der Waals surface area (Å²) in [6, 6.07) is 0. The number of aliphatic hydroxyl groups is 1. The molecule has 1 fully saturated rings. The highest BCUT2D eigenvalue weighted by atomic mass is 16.3. The summed E-state index contributed by atoms with van der Waals surface area (Å²) in [6.07, 6.45) is 3.68. The van der Waals surface area contributed by atoms with Gasteiger partial charge in [-0.3, -0.25) is 0 Å². The quantitative estimate of drug-likeness (QED) is 0.808.